The molecule has 0 radical (unpaired) electrons. The minimum Gasteiger partial charge on any atom is -0.393 e. The molecule has 0 bridgehead atoms. The Labute approximate surface area is 392 Å². The summed E-state index contributed by atoms with van der Waals surface area (Å²) in [4.78, 5) is 28.3. The van der Waals surface area contributed by atoms with E-state index in [1.165, 1.54) is 12.8 Å². The molecule has 4 fully saturated rings. The number of fused-ring (bicyclic) bond motifs is 7. The van der Waals surface area contributed by atoms with E-state index < -0.39 is 16.5 Å². The van der Waals surface area contributed by atoms with Crippen molar-refractivity contribution in [2.45, 2.75) is 216 Å². The molecule has 5 heteroatoms. The van der Waals surface area contributed by atoms with E-state index >= 15 is 4.79 Å². The van der Waals surface area contributed by atoms with Gasteiger partial charge < -0.3 is 15.7 Å². The number of hydrogen-bond acceptors (Lipinski definition) is 3. The number of aliphatic hydroxyl groups excluding tert-OH is 1. The summed E-state index contributed by atoms with van der Waals surface area (Å²) < 4.78 is 0. The van der Waals surface area contributed by atoms with Gasteiger partial charge in [-0.1, -0.05) is 140 Å². The van der Waals surface area contributed by atoms with E-state index in [1.807, 2.05) is 0 Å². The average Bonchev–Trinajstić information content (AvgIpc) is 3.21. The molecule has 2 amide bonds. The Hall–Kier alpha value is -2.92. The third-order valence-electron chi connectivity index (χ3n) is 18.4. The summed E-state index contributed by atoms with van der Waals surface area (Å²) in [5.41, 5.74) is 0.573. The van der Waals surface area contributed by atoms with E-state index in [2.05, 4.69) is 173 Å². The summed E-state index contributed by atoms with van der Waals surface area (Å²) in [5, 5.41) is 18.1. The standard InChI is InChI=1S/C59H94N2O3/c1-13-14-15-16-17-18-19-20-21-22-23-24-25-26-27-28-29-30-31-32-50(63)60-53(4,5)43-54(6,7)61-52(64)59-40-35-44(2)45(3)51(59)46-33-34-48-56(10)38-37-49(62)55(8,9)47(56)36-39-58(48,12)57(46,11)41-42-59/h14-15,17-18,20-21,23-24,26-27,29-30,33,44-45,47-49,51,62H,13,16,19,22,25,28,31-32,34-43H2,1-12H3,(H,60,63)(H,61,64). The third-order valence-corrected chi connectivity index (χ3v) is 18.4. The van der Waals surface area contributed by atoms with Crippen LogP contribution in [0, 0.1) is 56.7 Å². The predicted molar refractivity (Wildman–Crippen MR) is 271 cm³/mol. The maximum absolute atomic E-state index is 15.1. The second-order valence-corrected chi connectivity index (χ2v) is 24.1. The highest BCUT2D eigenvalue weighted by atomic mass is 16.3. The molecule has 0 heterocycles. The first-order valence-corrected chi connectivity index (χ1v) is 26.0. The van der Waals surface area contributed by atoms with Gasteiger partial charge in [0.2, 0.25) is 11.8 Å². The van der Waals surface area contributed by atoms with Crippen LogP contribution in [0.1, 0.15) is 199 Å². The lowest BCUT2D eigenvalue weighted by atomic mass is 9.33. The molecule has 4 saturated carbocycles. The lowest BCUT2D eigenvalue weighted by Gasteiger charge is -2.71. The van der Waals surface area contributed by atoms with E-state index in [9.17, 15) is 9.90 Å². The maximum atomic E-state index is 15.1. The number of carbonyl (C=O) groups is 2. The highest BCUT2D eigenvalue weighted by Crippen LogP contribution is 2.75. The van der Waals surface area contributed by atoms with Gasteiger partial charge >= 0.3 is 0 Å². The maximum Gasteiger partial charge on any atom is 0.227 e. The molecular weight excluding hydrogens is 785 g/mol. The van der Waals surface area contributed by atoms with Crippen LogP contribution in [0.25, 0.3) is 0 Å². The first-order chi connectivity index (χ1) is 30.1. The van der Waals surface area contributed by atoms with Crippen molar-refractivity contribution in [2.24, 2.45) is 56.7 Å². The van der Waals surface area contributed by atoms with Crippen LogP contribution in [0.3, 0.4) is 0 Å². The fourth-order valence-corrected chi connectivity index (χ4v) is 14.8. The van der Waals surface area contributed by atoms with E-state index in [4.69, 9.17) is 0 Å². The molecule has 5 aliphatic rings. The quantitative estimate of drug-likeness (QED) is 0.113. The van der Waals surface area contributed by atoms with Gasteiger partial charge in [-0.25, -0.2) is 0 Å². The fraction of sp³-hybridized carbons (Fsp3) is 0.729. The molecule has 0 aliphatic heterocycles. The Morgan fingerprint density at radius 3 is 1.81 bits per heavy atom. The number of aliphatic hydroxyl groups is 1. The third kappa shape index (κ3) is 11.3. The van der Waals surface area contributed by atoms with Crippen LogP contribution in [-0.4, -0.2) is 34.1 Å². The molecule has 0 spiro atoms. The van der Waals surface area contributed by atoms with Gasteiger partial charge in [0.25, 0.3) is 0 Å². The van der Waals surface area contributed by atoms with Crippen molar-refractivity contribution < 1.29 is 14.7 Å². The summed E-state index contributed by atoms with van der Waals surface area (Å²) in [6.45, 7) is 28.0. The van der Waals surface area contributed by atoms with Crippen molar-refractivity contribution in [2.75, 3.05) is 0 Å². The average molecular weight is 879 g/mol. The van der Waals surface area contributed by atoms with Crippen molar-refractivity contribution in [3.8, 4) is 0 Å². The minimum absolute atomic E-state index is 0.0520. The van der Waals surface area contributed by atoms with E-state index in [-0.39, 0.29) is 45.5 Å². The zero-order valence-electron chi connectivity index (χ0n) is 43.0. The smallest absolute Gasteiger partial charge is 0.227 e. The van der Waals surface area contributed by atoms with Crippen molar-refractivity contribution in [1.29, 1.82) is 0 Å². The summed E-state index contributed by atoms with van der Waals surface area (Å²) in [5.74, 6) is 2.64. The summed E-state index contributed by atoms with van der Waals surface area (Å²) in [6, 6.07) is 0. The molecule has 358 valence electrons. The zero-order chi connectivity index (χ0) is 47.0. The molecule has 5 rings (SSSR count). The zero-order valence-corrected chi connectivity index (χ0v) is 43.0. The molecular formula is C59H94N2O3. The van der Waals surface area contributed by atoms with E-state index in [0.717, 1.165) is 83.5 Å². The Morgan fingerprint density at radius 2 is 1.23 bits per heavy atom. The molecule has 3 N–H and O–H groups in total. The largest absolute Gasteiger partial charge is 0.393 e. The Balaban J connectivity index is 1.13. The number of amides is 2. The van der Waals surface area contributed by atoms with E-state index in [1.54, 1.807) is 5.57 Å². The summed E-state index contributed by atoms with van der Waals surface area (Å²) in [7, 11) is 0. The van der Waals surface area contributed by atoms with Gasteiger partial charge in [-0.2, -0.15) is 0 Å². The SMILES string of the molecule is CCC=CCC=CCC=CCC=CCC=CCC=CCCC(=O)NC(C)(C)CC(C)(C)NC(=O)C12CCC(C)C(C)C1C1=CCC3C4(C)CCC(O)C(C)(C)C4CCC3(C)C1(C)CC2. The van der Waals surface area contributed by atoms with Gasteiger partial charge in [0.05, 0.1) is 11.5 Å². The van der Waals surface area contributed by atoms with Crippen LogP contribution in [0.5, 0.6) is 0 Å². The van der Waals surface area contributed by atoms with E-state index in [0.29, 0.717) is 42.9 Å². The van der Waals surface area contributed by atoms with Crippen LogP contribution >= 0.6 is 0 Å². The Kier molecular flexibility index (Phi) is 17.4. The van der Waals surface area contributed by atoms with Crippen LogP contribution < -0.4 is 10.6 Å². The second kappa shape index (κ2) is 21.4. The molecule has 0 aromatic carbocycles. The molecule has 10 unspecified atom stereocenters. The van der Waals surface area contributed by atoms with Crippen molar-refractivity contribution >= 4 is 11.8 Å². The van der Waals surface area contributed by atoms with Gasteiger partial charge in [0, 0.05) is 17.5 Å². The Morgan fingerprint density at radius 1 is 0.688 bits per heavy atom. The van der Waals surface area contributed by atoms with Gasteiger partial charge in [-0.05, 0) is 188 Å². The number of hydrogen-bond donors (Lipinski definition) is 3. The molecule has 10 atom stereocenters. The first kappa shape index (κ1) is 52.1. The number of rotatable bonds is 19. The van der Waals surface area contributed by atoms with Crippen molar-refractivity contribution in [1.82, 2.24) is 10.6 Å². The molecule has 0 aromatic rings. The number of allylic oxidation sites excluding steroid dienone is 14. The minimum atomic E-state index is -0.495. The topological polar surface area (TPSA) is 78.4 Å². The highest BCUT2D eigenvalue weighted by Gasteiger charge is 2.69. The monoisotopic (exact) mass is 879 g/mol. The number of carbonyl (C=O) groups excluding carboxylic acids is 2. The Bertz CT molecular complexity index is 1810. The van der Waals surface area contributed by atoms with Crippen LogP contribution in [-0.2, 0) is 9.59 Å². The molecule has 5 nitrogen and oxygen atoms in total. The first-order valence-electron chi connectivity index (χ1n) is 26.0. The predicted octanol–water partition coefficient (Wildman–Crippen LogP) is 14.7. The molecule has 0 aromatic heterocycles. The van der Waals surface area contributed by atoms with Crippen LogP contribution in [0.15, 0.2) is 84.6 Å². The van der Waals surface area contributed by atoms with Crippen LogP contribution in [0.4, 0.5) is 0 Å². The second-order valence-electron chi connectivity index (χ2n) is 24.1. The molecule has 0 saturated heterocycles. The highest BCUT2D eigenvalue weighted by molar-refractivity contribution is 5.85. The lowest BCUT2D eigenvalue weighted by Crippen LogP contribution is -2.66. The molecule has 5 aliphatic carbocycles. The summed E-state index contributed by atoms with van der Waals surface area (Å²) in [6.07, 6.45) is 46.0. The van der Waals surface area contributed by atoms with Gasteiger partial charge in [0.15, 0.2) is 0 Å². The van der Waals surface area contributed by atoms with Gasteiger partial charge in [0.1, 0.15) is 0 Å². The van der Waals surface area contributed by atoms with Crippen LogP contribution in [0.2, 0.25) is 0 Å². The lowest BCUT2D eigenvalue weighted by molar-refractivity contribution is -0.204. The fourth-order valence-electron chi connectivity index (χ4n) is 14.8. The number of nitrogens with one attached hydrogen (secondary N) is 2. The summed E-state index contributed by atoms with van der Waals surface area (Å²) >= 11 is 0. The van der Waals surface area contributed by atoms with Crippen molar-refractivity contribution in [3.05, 3.63) is 84.6 Å². The normalized spacial score (nSPS) is 35.5. The van der Waals surface area contributed by atoms with Gasteiger partial charge in [-0.15, -0.1) is 0 Å². The van der Waals surface area contributed by atoms with Crippen molar-refractivity contribution in [3.63, 3.8) is 0 Å². The van der Waals surface area contributed by atoms with Gasteiger partial charge in [-0.3, -0.25) is 9.59 Å². The molecule has 64 heavy (non-hydrogen) atoms.